The summed E-state index contributed by atoms with van der Waals surface area (Å²) in [5.41, 5.74) is 8.90. The van der Waals surface area contributed by atoms with Crippen molar-refractivity contribution in [3.8, 4) is 5.75 Å². The molecule has 0 radical (unpaired) electrons. The van der Waals surface area contributed by atoms with Crippen LogP contribution in [0.5, 0.6) is 5.75 Å². The fraction of sp³-hybridized carbons (Fsp3) is 0.600. The van der Waals surface area contributed by atoms with Crippen molar-refractivity contribution >= 4 is 0 Å². The standard InChI is InChI=1S/C15H22N2O/c1-11-4-6-17(10-14(11)16)9-12-2-3-15-13(8-12)5-7-18-15/h2-3,8,11,14H,4-7,9-10,16H2,1H3. The first-order valence-corrected chi connectivity index (χ1v) is 6.95. The monoisotopic (exact) mass is 246 g/mol. The van der Waals surface area contributed by atoms with Crippen LogP contribution in [0.2, 0.25) is 0 Å². The first-order chi connectivity index (χ1) is 8.72. The molecule has 2 N–H and O–H groups in total. The van der Waals surface area contributed by atoms with E-state index < -0.39 is 0 Å². The Labute approximate surface area is 109 Å². The zero-order valence-electron chi connectivity index (χ0n) is 11.1. The number of fused-ring (bicyclic) bond motifs is 1. The Kier molecular flexibility index (Phi) is 3.27. The molecule has 3 rings (SSSR count). The molecule has 2 heterocycles. The van der Waals surface area contributed by atoms with E-state index in [4.69, 9.17) is 10.5 Å². The van der Waals surface area contributed by atoms with Crippen molar-refractivity contribution in [1.82, 2.24) is 4.90 Å². The van der Waals surface area contributed by atoms with E-state index in [1.165, 1.54) is 24.1 Å². The Morgan fingerprint density at radius 3 is 3.17 bits per heavy atom. The molecule has 0 bridgehead atoms. The molecule has 98 valence electrons. The molecule has 18 heavy (non-hydrogen) atoms. The van der Waals surface area contributed by atoms with Crippen molar-refractivity contribution < 1.29 is 4.74 Å². The number of benzene rings is 1. The fourth-order valence-electron chi connectivity index (χ4n) is 2.91. The van der Waals surface area contributed by atoms with Crippen LogP contribution in [0.15, 0.2) is 18.2 Å². The van der Waals surface area contributed by atoms with Crippen LogP contribution in [0, 0.1) is 5.92 Å². The molecule has 2 aliphatic heterocycles. The summed E-state index contributed by atoms with van der Waals surface area (Å²) < 4.78 is 5.54. The second-order valence-electron chi connectivity index (χ2n) is 5.71. The van der Waals surface area contributed by atoms with Crippen LogP contribution in [0.3, 0.4) is 0 Å². The molecule has 3 heteroatoms. The average Bonchev–Trinajstić information content (AvgIpc) is 2.81. The van der Waals surface area contributed by atoms with Crippen LogP contribution in [0.1, 0.15) is 24.5 Å². The molecule has 1 aromatic carbocycles. The highest BCUT2D eigenvalue weighted by atomic mass is 16.5. The van der Waals surface area contributed by atoms with Gasteiger partial charge in [-0.15, -0.1) is 0 Å². The maximum absolute atomic E-state index is 6.15. The normalized spacial score (nSPS) is 27.9. The van der Waals surface area contributed by atoms with Gasteiger partial charge < -0.3 is 10.5 Å². The van der Waals surface area contributed by atoms with Gasteiger partial charge in [0.25, 0.3) is 0 Å². The molecule has 2 atom stereocenters. The van der Waals surface area contributed by atoms with Crippen molar-refractivity contribution in [1.29, 1.82) is 0 Å². The molecule has 0 aromatic heterocycles. The predicted molar refractivity (Wildman–Crippen MR) is 72.7 cm³/mol. The van der Waals surface area contributed by atoms with Gasteiger partial charge in [0.2, 0.25) is 0 Å². The summed E-state index contributed by atoms with van der Waals surface area (Å²) in [5.74, 6) is 1.73. The number of piperidine rings is 1. The molecular formula is C15H22N2O. The van der Waals surface area contributed by atoms with Gasteiger partial charge in [-0.05, 0) is 36.1 Å². The van der Waals surface area contributed by atoms with Crippen LogP contribution >= 0.6 is 0 Å². The van der Waals surface area contributed by atoms with Crippen LogP contribution in [0.25, 0.3) is 0 Å². The molecule has 1 fully saturated rings. The van der Waals surface area contributed by atoms with Crippen LogP contribution in [-0.4, -0.2) is 30.6 Å². The summed E-state index contributed by atoms with van der Waals surface area (Å²) >= 11 is 0. The SMILES string of the molecule is CC1CCN(Cc2ccc3c(c2)CCO3)CC1N. The van der Waals surface area contributed by atoms with Crippen molar-refractivity contribution in [2.75, 3.05) is 19.7 Å². The highest BCUT2D eigenvalue weighted by Gasteiger charge is 2.23. The molecule has 1 aromatic rings. The molecule has 2 aliphatic rings. The Bertz CT molecular complexity index is 433. The lowest BCUT2D eigenvalue weighted by Crippen LogP contribution is -2.47. The van der Waals surface area contributed by atoms with Gasteiger partial charge in [0.15, 0.2) is 0 Å². The van der Waals surface area contributed by atoms with Crippen molar-refractivity contribution in [2.45, 2.75) is 32.4 Å². The van der Waals surface area contributed by atoms with E-state index in [1.54, 1.807) is 0 Å². The Hall–Kier alpha value is -1.06. The zero-order valence-corrected chi connectivity index (χ0v) is 11.1. The topological polar surface area (TPSA) is 38.5 Å². The number of rotatable bonds is 2. The van der Waals surface area contributed by atoms with E-state index in [0.29, 0.717) is 12.0 Å². The third kappa shape index (κ3) is 2.38. The number of hydrogen-bond acceptors (Lipinski definition) is 3. The largest absolute Gasteiger partial charge is 0.493 e. The van der Waals surface area contributed by atoms with Crippen LogP contribution in [-0.2, 0) is 13.0 Å². The average molecular weight is 246 g/mol. The molecule has 2 unspecified atom stereocenters. The summed E-state index contributed by atoms with van der Waals surface area (Å²) in [5, 5.41) is 0. The lowest BCUT2D eigenvalue weighted by atomic mass is 9.94. The lowest BCUT2D eigenvalue weighted by molar-refractivity contribution is 0.162. The van der Waals surface area contributed by atoms with E-state index in [1.807, 2.05) is 0 Å². The molecule has 0 aliphatic carbocycles. The first kappa shape index (κ1) is 12.0. The Morgan fingerprint density at radius 1 is 1.44 bits per heavy atom. The number of hydrogen-bond donors (Lipinski definition) is 1. The maximum atomic E-state index is 6.15. The first-order valence-electron chi connectivity index (χ1n) is 6.95. The quantitative estimate of drug-likeness (QED) is 0.864. The fourth-order valence-corrected chi connectivity index (χ4v) is 2.91. The minimum absolute atomic E-state index is 0.330. The number of likely N-dealkylation sites (tertiary alicyclic amines) is 1. The van der Waals surface area contributed by atoms with Crippen molar-refractivity contribution in [3.05, 3.63) is 29.3 Å². The van der Waals surface area contributed by atoms with Crippen molar-refractivity contribution in [2.24, 2.45) is 11.7 Å². The number of ether oxygens (including phenoxy) is 1. The van der Waals surface area contributed by atoms with Gasteiger partial charge in [-0.3, -0.25) is 4.90 Å². The van der Waals surface area contributed by atoms with E-state index in [0.717, 1.165) is 31.9 Å². The summed E-state index contributed by atoms with van der Waals surface area (Å²) in [4.78, 5) is 2.47. The van der Waals surface area contributed by atoms with Gasteiger partial charge in [0, 0.05) is 25.6 Å². The molecule has 0 spiro atoms. The minimum Gasteiger partial charge on any atom is -0.493 e. The highest BCUT2D eigenvalue weighted by Crippen LogP contribution is 2.27. The van der Waals surface area contributed by atoms with E-state index in [9.17, 15) is 0 Å². The second kappa shape index (κ2) is 4.90. The van der Waals surface area contributed by atoms with Crippen molar-refractivity contribution in [3.63, 3.8) is 0 Å². The van der Waals surface area contributed by atoms with Gasteiger partial charge in [-0.1, -0.05) is 19.1 Å². The summed E-state index contributed by atoms with van der Waals surface area (Å²) in [7, 11) is 0. The maximum Gasteiger partial charge on any atom is 0.122 e. The van der Waals surface area contributed by atoms with E-state index in [-0.39, 0.29) is 0 Å². The van der Waals surface area contributed by atoms with Gasteiger partial charge in [-0.2, -0.15) is 0 Å². The van der Waals surface area contributed by atoms with Crippen LogP contribution < -0.4 is 10.5 Å². The third-order valence-corrected chi connectivity index (χ3v) is 4.26. The predicted octanol–water partition coefficient (Wildman–Crippen LogP) is 1.79. The summed E-state index contributed by atoms with van der Waals surface area (Å²) in [6.07, 6.45) is 2.27. The summed E-state index contributed by atoms with van der Waals surface area (Å²) in [6.45, 7) is 6.31. The zero-order chi connectivity index (χ0) is 12.5. The lowest BCUT2D eigenvalue weighted by Gasteiger charge is -2.35. The number of nitrogens with zero attached hydrogens (tertiary/aromatic N) is 1. The smallest absolute Gasteiger partial charge is 0.122 e. The summed E-state index contributed by atoms with van der Waals surface area (Å²) in [6, 6.07) is 6.93. The van der Waals surface area contributed by atoms with Gasteiger partial charge >= 0.3 is 0 Å². The molecule has 3 nitrogen and oxygen atoms in total. The number of nitrogens with two attached hydrogens (primary N) is 1. The van der Waals surface area contributed by atoms with Crippen LogP contribution in [0.4, 0.5) is 0 Å². The molecule has 0 amide bonds. The molecular weight excluding hydrogens is 224 g/mol. The van der Waals surface area contributed by atoms with E-state index >= 15 is 0 Å². The van der Waals surface area contributed by atoms with Gasteiger partial charge in [-0.25, -0.2) is 0 Å². The molecule has 1 saturated heterocycles. The van der Waals surface area contributed by atoms with Gasteiger partial charge in [0.1, 0.15) is 5.75 Å². The molecule has 0 saturated carbocycles. The Morgan fingerprint density at radius 2 is 2.33 bits per heavy atom. The second-order valence-corrected chi connectivity index (χ2v) is 5.71. The van der Waals surface area contributed by atoms with Gasteiger partial charge in [0.05, 0.1) is 6.61 Å². The third-order valence-electron chi connectivity index (χ3n) is 4.26. The Balaban J connectivity index is 1.66. The van der Waals surface area contributed by atoms with E-state index in [2.05, 4.69) is 30.0 Å². The minimum atomic E-state index is 0.330. The highest BCUT2D eigenvalue weighted by molar-refractivity contribution is 5.39.